The molecule has 2 aromatic carbocycles. The summed E-state index contributed by atoms with van der Waals surface area (Å²) < 4.78 is 35.6. The minimum atomic E-state index is -4.27. The van der Waals surface area contributed by atoms with Crippen molar-refractivity contribution in [3.8, 4) is 0 Å². The largest absolute Gasteiger partial charge is 0.744 e. The maximum Gasteiger partial charge on any atom is 0.322 e. The summed E-state index contributed by atoms with van der Waals surface area (Å²) in [5.74, 6) is 1.22. The molecule has 0 aliphatic heterocycles. The first-order valence-corrected chi connectivity index (χ1v) is 11.7. The molecule has 4 rings (SSSR count). The lowest BCUT2D eigenvalue weighted by Crippen LogP contribution is -2.35. The lowest BCUT2D eigenvalue weighted by atomic mass is 10.1. The zero-order valence-corrected chi connectivity index (χ0v) is 19.6. The fourth-order valence-corrected chi connectivity index (χ4v) is 4.04. The van der Waals surface area contributed by atoms with Crippen molar-refractivity contribution in [3.63, 3.8) is 0 Å². The summed E-state index contributed by atoms with van der Waals surface area (Å²) in [6.07, 6.45) is 0. The van der Waals surface area contributed by atoms with Crippen LogP contribution in [0, 0.1) is 27.7 Å². The Hall–Kier alpha value is -2.84. The molecule has 7 nitrogen and oxygen atoms in total. The normalized spacial score (nSPS) is 11.6. The van der Waals surface area contributed by atoms with E-state index in [2.05, 4.69) is 55.9 Å². The summed E-state index contributed by atoms with van der Waals surface area (Å²) >= 11 is 0. The average molecular weight is 441 g/mol. The molecule has 0 radical (unpaired) electrons. The van der Waals surface area contributed by atoms with Gasteiger partial charge < -0.3 is 4.55 Å². The van der Waals surface area contributed by atoms with Gasteiger partial charge in [0.15, 0.2) is 5.52 Å². The van der Waals surface area contributed by atoms with Crippen molar-refractivity contribution >= 4 is 32.4 Å². The molecule has 0 fully saturated rings. The minimum Gasteiger partial charge on any atom is -0.744 e. The van der Waals surface area contributed by atoms with Gasteiger partial charge in [-0.05, 0) is 70.0 Å². The van der Waals surface area contributed by atoms with Gasteiger partial charge in [-0.2, -0.15) is 0 Å². The second kappa shape index (κ2) is 8.72. The van der Waals surface area contributed by atoms with Gasteiger partial charge in [0, 0.05) is 6.92 Å². The van der Waals surface area contributed by atoms with E-state index in [0.717, 1.165) is 41.0 Å². The number of fused-ring (bicyclic) bond motifs is 2. The molecule has 0 bridgehead atoms. The number of rotatable bonds is 3. The molecule has 164 valence electrons. The standard InChI is InChI=1S/C16H21N4.C7H8O3S/c1-6-19-12(5)20(7-2)16-15(19)17-13-8-10(3)11(4)9-14(13)18-16;1-6-2-4-7(5-3-6)11(8,9)10/h8-9H,6-7H2,1-5H3;2-5H,1H3,(H,8,9,10)/q+1;/p-1. The Kier molecular flexibility index (Phi) is 6.43. The van der Waals surface area contributed by atoms with Gasteiger partial charge >= 0.3 is 5.65 Å². The van der Waals surface area contributed by atoms with Crippen LogP contribution in [-0.4, -0.2) is 27.5 Å². The number of hydrogen-bond acceptors (Lipinski definition) is 5. The fraction of sp³-hybridized carbons (Fsp3) is 0.348. The number of aryl methyl sites for hydroxylation is 5. The second-order valence-electron chi connectivity index (χ2n) is 7.60. The molecule has 31 heavy (non-hydrogen) atoms. The first kappa shape index (κ1) is 22.8. The lowest BCUT2D eigenvalue weighted by molar-refractivity contribution is -0.676. The van der Waals surface area contributed by atoms with Crippen LogP contribution in [0.3, 0.4) is 0 Å². The van der Waals surface area contributed by atoms with Gasteiger partial charge in [0.25, 0.3) is 5.65 Å². The van der Waals surface area contributed by atoms with Crippen LogP contribution in [0.5, 0.6) is 0 Å². The average Bonchev–Trinajstić information content (AvgIpc) is 2.97. The number of aromatic nitrogens is 4. The Morgan fingerprint density at radius 3 is 1.97 bits per heavy atom. The molecular formula is C23H28N4O3S. The highest BCUT2D eigenvalue weighted by Gasteiger charge is 2.22. The highest BCUT2D eigenvalue weighted by molar-refractivity contribution is 7.85. The second-order valence-corrected chi connectivity index (χ2v) is 8.98. The predicted octanol–water partition coefficient (Wildman–Crippen LogP) is 3.74. The summed E-state index contributed by atoms with van der Waals surface area (Å²) in [5, 5.41) is 0. The summed E-state index contributed by atoms with van der Waals surface area (Å²) in [6, 6.07) is 10.1. The Labute approximate surface area is 183 Å². The van der Waals surface area contributed by atoms with Crippen LogP contribution in [0.25, 0.3) is 22.3 Å². The maximum absolute atomic E-state index is 10.4. The van der Waals surface area contributed by atoms with Crippen LogP contribution in [0.2, 0.25) is 0 Å². The van der Waals surface area contributed by atoms with Crippen molar-refractivity contribution in [2.45, 2.75) is 59.5 Å². The number of nitrogens with zero attached hydrogens (tertiary/aromatic N) is 4. The SMILES string of the molecule is CCn1c(C)[n+](CC)c2nc3cc(C)c(C)cc3nc21.Cc1ccc(S(=O)(=O)[O-])cc1. The Bertz CT molecular complexity index is 1290. The van der Waals surface area contributed by atoms with Gasteiger partial charge in [-0.25, -0.2) is 22.5 Å². The van der Waals surface area contributed by atoms with Crippen LogP contribution in [0.15, 0.2) is 41.3 Å². The lowest BCUT2D eigenvalue weighted by Gasteiger charge is -2.05. The minimum absolute atomic E-state index is 0.178. The molecule has 0 N–H and O–H groups in total. The summed E-state index contributed by atoms with van der Waals surface area (Å²) in [5.41, 5.74) is 7.40. The smallest absolute Gasteiger partial charge is 0.322 e. The molecule has 0 unspecified atom stereocenters. The summed E-state index contributed by atoms with van der Waals surface area (Å²) in [4.78, 5) is 9.54. The first-order chi connectivity index (χ1) is 14.6. The summed E-state index contributed by atoms with van der Waals surface area (Å²) in [6.45, 7) is 14.3. The van der Waals surface area contributed by atoms with Crippen LogP contribution in [0.4, 0.5) is 0 Å². The van der Waals surface area contributed by atoms with Crippen molar-refractivity contribution < 1.29 is 17.5 Å². The van der Waals surface area contributed by atoms with Crippen molar-refractivity contribution in [2.24, 2.45) is 0 Å². The van der Waals surface area contributed by atoms with E-state index in [0.29, 0.717) is 0 Å². The maximum atomic E-state index is 10.4. The van der Waals surface area contributed by atoms with Crippen molar-refractivity contribution in [3.05, 3.63) is 58.9 Å². The van der Waals surface area contributed by atoms with Crippen LogP contribution >= 0.6 is 0 Å². The molecule has 0 aliphatic carbocycles. The zero-order valence-electron chi connectivity index (χ0n) is 18.8. The van der Waals surface area contributed by atoms with E-state index in [9.17, 15) is 13.0 Å². The van der Waals surface area contributed by atoms with Crippen molar-refractivity contribution in [1.82, 2.24) is 14.5 Å². The highest BCUT2D eigenvalue weighted by Crippen LogP contribution is 2.20. The van der Waals surface area contributed by atoms with Gasteiger partial charge in [0.05, 0.1) is 18.0 Å². The van der Waals surface area contributed by atoms with E-state index in [1.165, 1.54) is 29.1 Å². The van der Waals surface area contributed by atoms with Gasteiger partial charge in [-0.1, -0.05) is 22.7 Å². The number of hydrogen-bond donors (Lipinski definition) is 0. The van der Waals surface area contributed by atoms with Crippen molar-refractivity contribution in [1.29, 1.82) is 0 Å². The van der Waals surface area contributed by atoms with Crippen LogP contribution < -0.4 is 4.57 Å². The molecule has 0 saturated carbocycles. The Morgan fingerprint density at radius 1 is 0.935 bits per heavy atom. The topological polar surface area (TPSA) is 91.8 Å². The zero-order chi connectivity index (χ0) is 22.9. The first-order valence-electron chi connectivity index (χ1n) is 10.3. The van der Waals surface area contributed by atoms with Crippen molar-refractivity contribution in [2.75, 3.05) is 0 Å². The van der Waals surface area contributed by atoms with E-state index in [-0.39, 0.29) is 4.90 Å². The summed E-state index contributed by atoms with van der Waals surface area (Å²) in [7, 11) is -4.27. The molecule has 0 amide bonds. The third kappa shape index (κ3) is 4.60. The van der Waals surface area contributed by atoms with Gasteiger partial charge in [-0.15, -0.1) is 0 Å². The quantitative estimate of drug-likeness (QED) is 0.357. The molecule has 4 aromatic rings. The van der Waals surface area contributed by atoms with E-state index in [1.54, 1.807) is 12.1 Å². The van der Waals surface area contributed by atoms with E-state index < -0.39 is 10.1 Å². The third-order valence-corrected chi connectivity index (χ3v) is 6.33. The molecule has 0 aliphatic rings. The predicted molar refractivity (Wildman–Crippen MR) is 120 cm³/mol. The van der Waals surface area contributed by atoms with E-state index in [4.69, 9.17) is 9.97 Å². The Balaban J connectivity index is 0.000000210. The molecule has 2 heterocycles. The van der Waals surface area contributed by atoms with E-state index in [1.807, 2.05) is 6.92 Å². The Morgan fingerprint density at radius 2 is 1.48 bits per heavy atom. The van der Waals surface area contributed by atoms with Crippen LogP contribution in [-0.2, 0) is 23.2 Å². The molecule has 2 aromatic heterocycles. The van der Waals surface area contributed by atoms with E-state index >= 15 is 0 Å². The third-order valence-electron chi connectivity index (χ3n) is 5.48. The fourth-order valence-electron chi connectivity index (χ4n) is 3.57. The van der Waals surface area contributed by atoms with Gasteiger partial charge in [-0.3, -0.25) is 0 Å². The number of imidazole rings is 1. The van der Waals surface area contributed by atoms with Crippen LogP contribution in [0.1, 0.15) is 36.4 Å². The molecule has 0 atom stereocenters. The monoisotopic (exact) mass is 440 g/mol. The van der Waals surface area contributed by atoms with Gasteiger partial charge in [0.2, 0.25) is 5.82 Å². The molecular weight excluding hydrogens is 412 g/mol. The number of benzene rings is 2. The molecule has 0 spiro atoms. The highest BCUT2D eigenvalue weighted by atomic mass is 32.2. The van der Waals surface area contributed by atoms with Gasteiger partial charge in [0.1, 0.15) is 15.6 Å². The molecule has 8 heteroatoms. The molecule has 0 saturated heterocycles.